The highest BCUT2D eigenvalue weighted by Crippen LogP contribution is 2.26. The van der Waals surface area contributed by atoms with Crippen molar-refractivity contribution in [1.82, 2.24) is 20.0 Å². The molecule has 2 atom stereocenters. The molecule has 1 aromatic rings. The van der Waals surface area contributed by atoms with Crippen molar-refractivity contribution < 1.29 is 19.1 Å². The second-order valence-electron chi connectivity index (χ2n) is 9.45. The van der Waals surface area contributed by atoms with Crippen LogP contribution in [0.25, 0.3) is 0 Å². The van der Waals surface area contributed by atoms with Crippen molar-refractivity contribution in [1.29, 1.82) is 0 Å². The third-order valence-corrected chi connectivity index (χ3v) is 6.56. The highest BCUT2D eigenvalue weighted by atomic mass is 16.5. The number of amides is 3. The van der Waals surface area contributed by atoms with E-state index in [1.807, 2.05) is 37.8 Å². The number of hydrogen-bond donors (Lipinski definition) is 2. The molecular formula is C25H39N5O4. The molecule has 34 heavy (non-hydrogen) atoms. The summed E-state index contributed by atoms with van der Waals surface area (Å²) in [7, 11) is 0. The molecule has 2 unspecified atom stereocenters. The van der Waals surface area contributed by atoms with Crippen LogP contribution in [0.4, 0.5) is 0 Å². The molecule has 0 radical (unpaired) electrons. The number of carbonyl (C=O) groups is 3. The van der Waals surface area contributed by atoms with Gasteiger partial charge in [-0.15, -0.1) is 0 Å². The van der Waals surface area contributed by atoms with Crippen LogP contribution in [-0.4, -0.2) is 104 Å². The molecule has 2 fully saturated rings. The number of aryl methyl sites for hydroxylation is 1. The molecule has 1 aromatic carbocycles. The summed E-state index contributed by atoms with van der Waals surface area (Å²) in [6.45, 7) is 11.1. The van der Waals surface area contributed by atoms with Crippen molar-refractivity contribution in [2.24, 2.45) is 11.7 Å². The Morgan fingerprint density at radius 3 is 2.47 bits per heavy atom. The minimum Gasteiger partial charge on any atom is -0.379 e. The van der Waals surface area contributed by atoms with Gasteiger partial charge in [0.25, 0.3) is 5.91 Å². The molecule has 3 N–H and O–H groups in total. The zero-order valence-corrected chi connectivity index (χ0v) is 20.7. The lowest BCUT2D eigenvalue weighted by atomic mass is 10.1. The van der Waals surface area contributed by atoms with Gasteiger partial charge in [0.05, 0.1) is 19.3 Å². The molecule has 9 nitrogen and oxygen atoms in total. The summed E-state index contributed by atoms with van der Waals surface area (Å²) >= 11 is 0. The minimum atomic E-state index is -0.642. The molecule has 2 heterocycles. The maximum absolute atomic E-state index is 13.4. The van der Waals surface area contributed by atoms with E-state index in [0.717, 1.165) is 25.2 Å². The third-order valence-electron chi connectivity index (χ3n) is 6.56. The van der Waals surface area contributed by atoms with Crippen LogP contribution in [0.5, 0.6) is 0 Å². The molecule has 2 aliphatic rings. The fourth-order valence-corrected chi connectivity index (χ4v) is 4.57. The molecule has 9 heteroatoms. The summed E-state index contributed by atoms with van der Waals surface area (Å²) in [5.41, 5.74) is 7.17. The number of rotatable bonds is 9. The zero-order chi connectivity index (χ0) is 24.7. The van der Waals surface area contributed by atoms with E-state index < -0.39 is 6.04 Å². The number of likely N-dealkylation sites (tertiary alicyclic amines) is 1. The van der Waals surface area contributed by atoms with Crippen molar-refractivity contribution in [3.8, 4) is 0 Å². The van der Waals surface area contributed by atoms with Crippen LogP contribution in [-0.2, 0) is 14.3 Å². The van der Waals surface area contributed by atoms with Crippen molar-refractivity contribution in [2.45, 2.75) is 39.3 Å². The second kappa shape index (κ2) is 12.3. The quantitative estimate of drug-likeness (QED) is 0.540. The minimum absolute atomic E-state index is 0.0454. The van der Waals surface area contributed by atoms with Crippen LogP contribution >= 0.6 is 0 Å². The number of nitrogens with two attached hydrogens (primary N) is 1. The Morgan fingerprint density at radius 2 is 1.85 bits per heavy atom. The standard InChI is InChI=1S/C25H39N5O4/c1-18(2)24(32)29(11-10-28-12-14-34-15-13-28)21-16-22(23(31)27-9-8-26)30(17-21)25(33)20-6-4-19(3)5-7-20/h4-7,18,21-22H,8-17,26H2,1-3H3,(H,27,31). The Kier molecular flexibility index (Phi) is 9.44. The predicted octanol–water partition coefficient (Wildman–Crippen LogP) is 0.470. The molecule has 0 aromatic heterocycles. The number of morpholine rings is 1. The first-order valence-corrected chi connectivity index (χ1v) is 12.3. The smallest absolute Gasteiger partial charge is 0.254 e. The van der Waals surface area contributed by atoms with Gasteiger partial charge in [-0.25, -0.2) is 0 Å². The van der Waals surface area contributed by atoms with Gasteiger partial charge in [-0.2, -0.15) is 0 Å². The summed E-state index contributed by atoms with van der Waals surface area (Å²) in [6, 6.07) is 6.49. The van der Waals surface area contributed by atoms with E-state index in [-0.39, 0.29) is 29.7 Å². The zero-order valence-electron chi connectivity index (χ0n) is 20.7. The van der Waals surface area contributed by atoms with E-state index in [1.165, 1.54) is 0 Å². The average molecular weight is 474 g/mol. The van der Waals surface area contributed by atoms with Crippen LogP contribution in [0.1, 0.15) is 36.2 Å². The van der Waals surface area contributed by atoms with Gasteiger partial charge in [0.15, 0.2) is 0 Å². The lowest BCUT2D eigenvalue weighted by molar-refractivity contribution is -0.137. The van der Waals surface area contributed by atoms with Crippen LogP contribution in [0, 0.1) is 12.8 Å². The third kappa shape index (κ3) is 6.55. The van der Waals surface area contributed by atoms with Gasteiger partial charge in [-0.3, -0.25) is 19.3 Å². The van der Waals surface area contributed by atoms with Gasteiger partial charge in [-0.1, -0.05) is 31.5 Å². The first-order chi connectivity index (χ1) is 16.3. The molecular weight excluding hydrogens is 434 g/mol. The van der Waals surface area contributed by atoms with E-state index >= 15 is 0 Å². The summed E-state index contributed by atoms with van der Waals surface area (Å²) in [6.07, 6.45) is 0.412. The molecule has 2 saturated heterocycles. The van der Waals surface area contributed by atoms with Gasteiger partial charge in [0.1, 0.15) is 6.04 Å². The maximum Gasteiger partial charge on any atom is 0.254 e. The molecule has 0 spiro atoms. The molecule has 3 amide bonds. The largest absolute Gasteiger partial charge is 0.379 e. The summed E-state index contributed by atoms with van der Waals surface area (Å²) in [5.74, 6) is -0.542. The Labute approximate surface area is 202 Å². The summed E-state index contributed by atoms with van der Waals surface area (Å²) in [5, 5.41) is 2.83. The Bertz CT molecular complexity index is 838. The average Bonchev–Trinajstić information content (AvgIpc) is 3.28. The Hall–Kier alpha value is -2.49. The first-order valence-electron chi connectivity index (χ1n) is 12.3. The number of nitrogens with one attached hydrogen (secondary N) is 1. The molecule has 188 valence electrons. The monoisotopic (exact) mass is 473 g/mol. The second-order valence-corrected chi connectivity index (χ2v) is 9.45. The number of benzene rings is 1. The van der Waals surface area contributed by atoms with Crippen LogP contribution < -0.4 is 11.1 Å². The molecule has 2 aliphatic heterocycles. The van der Waals surface area contributed by atoms with Gasteiger partial charge < -0.3 is 25.6 Å². The number of hydrogen-bond acceptors (Lipinski definition) is 6. The normalized spacial score (nSPS) is 21.0. The van der Waals surface area contributed by atoms with E-state index in [9.17, 15) is 14.4 Å². The molecule has 0 bridgehead atoms. The first kappa shape index (κ1) is 26.1. The van der Waals surface area contributed by atoms with Crippen molar-refractivity contribution in [3.63, 3.8) is 0 Å². The fourth-order valence-electron chi connectivity index (χ4n) is 4.57. The lowest BCUT2D eigenvalue weighted by Gasteiger charge is -2.34. The van der Waals surface area contributed by atoms with Crippen LogP contribution in [0.3, 0.4) is 0 Å². The SMILES string of the molecule is Cc1ccc(C(=O)N2CC(N(CCN3CCOCC3)C(=O)C(C)C)CC2C(=O)NCCN)cc1. The molecule has 0 saturated carbocycles. The molecule has 0 aliphatic carbocycles. The highest BCUT2D eigenvalue weighted by Gasteiger charge is 2.43. The Morgan fingerprint density at radius 1 is 1.18 bits per heavy atom. The van der Waals surface area contributed by atoms with Gasteiger partial charge in [0.2, 0.25) is 11.8 Å². The van der Waals surface area contributed by atoms with Crippen LogP contribution in [0.15, 0.2) is 24.3 Å². The molecule has 3 rings (SSSR count). The predicted molar refractivity (Wildman–Crippen MR) is 130 cm³/mol. The fraction of sp³-hybridized carbons (Fsp3) is 0.640. The van der Waals surface area contributed by atoms with Crippen LogP contribution in [0.2, 0.25) is 0 Å². The van der Waals surface area contributed by atoms with Crippen molar-refractivity contribution >= 4 is 17.7 Å². The summed E-state index contributed by atoms with van der Waals surface area (Å²) < 4.78 is 5.43. The topological polar surface area (TPSA) is 108 Å². The lowest BCUT2D eigenvalue weighted by Crippen LogP contribution is -2.49. The van der Waals surface area contributed by atoms with E-state index in [0.29, 0.717) is 51.4 Å². The number of carbonyl (C=O) groups excluding carboxylic acids is 3. The van der Waals surface area contributed by atoms with Gasteiger partial charge in [-0.05, 0) is 25.5 Å². The highest BCUT2D eigenvalue weighted by molar-refractivity contribution is 5.98. The van der Waals surface area contributed by atoms with E-state index in [1.54, 1.807) is 17.0 Å². The van der Waals surface area contributed by atoms with E-state index in [2.05, 4.69) is 10.2 Å². The number of ether oxygens (including phenoxy) is 1. The van der Waals surface area contributed by atoms with Crippen molar-refractivity contribution in [3.05, 3.63) is 35.4 Å². The van der Waals surface area contributed by atoms with Gasteiger partial charge >= 0.3 is 0 Å². The van der Waals surface area contributed by atoms with E-state index in [4.69, 9.17) is 10.5 Å². The van der Waals surface area contributed by atoms with Gasteiger partial charge in [0, 0.05) is 57.3 Å². The van der Waals surface area contributed by atoms with Crippen molar-refractivity contribution in [2.75, 3.05) is 59.0 Å². The summed E-state index contributed by atoms with van der Waals surface area (Å²) in [4.78, 5) is 45.4. The number of nitrogens with zero attached hydrogens (tertiary/aromatic N) is 3. The Balaban J connectivity index is 1.80. The maximum atomic E-state index is 13.4.